The lowest BCUT2D eigenvalue weighted by atomic mass is 10.2. The smallest absolute Gasteiger partial charge is 0.0508 e. The van der Waals surface area contributed by atoms with Gasteiger partial charge in [0.2, 0.25) is 0 Å². The van der Waals surface area contributed by atoms with Crippen LogP contribution in [0.15, 0.2) is 22.7 Å². The molecule has 0 aromatic heterocycles. The highest BCUT2D eigenvalue weighted by Crippen LogP contribution is 2.26. The molecule has 2 nitrogen and oxygen atoms in total. The molecule has 0 heterocycles. The summed E-state index contributed by atoms with van der Waals surface area (Å²) in [6.45, 7) is 7.23. The van der Waals surface area contributed by atoms with Gasteiger partial charge in [-0.2, -0.15) is 0 Å². The van der Waals surface area contributed by atoms with Crippen molar-refractivity contribution in [3.63, 3.8) is 0 Å². The summed E-state index contributed by atoms with van der Waals surface area (Å²) in [6.07, 6.45) is 0. The van der Waals surface area contributed by atoms with Crippen LogP contribution in [-0.2, 0) is 6.54 Å². The fraction of sp³-hybridized carbons (Fsp3) is 0.500. The molecule has 0 saturated heterocycles. The minimum Gasteiger partial charge on any atom is -0.374 e. The van der Waals surface area contributed by atoms with Crippen LogP contribution < -0.4 is 10.2 Å². The Morgan fingerprint density at radius 3 is 2.60 bits per heavy atom. The van der Waals surface area contributed by atoms with Crippen molar-refractivity contribution in [2.24, 2.45) is 0 Å². The van der Waals surface area contributed by atoms with Gasteiger partial charge >= 0.3 is 0 Å². The zero-order chi connectivity index (χ0) is 11.3. The molecule has 3 heteroatoms. The van der Waals surface area contributed by atoms with Gasteiger partial charge in [-0.1, -0.05) is 13.0 Å². The van der Waals surface area contributed by atoms with Crippen molar-refractivity contribution in [1.29, 1.82) is 0 Å². The first-order chi connectivity index (χ1) is 7.19. The number of nitrogens with zero attached hydrogens (tertiary/aromatic N) is 1. The van der Waals surface area contributed by atoms with Gasteiger partial charge < -0.3 is 10.2 Å². The third-order valence-corrected chi connectivity index (χ3v) is 3.11. The van der Waals surface area contributed by atoms with Gasteiger partial charge in [-0.3, -0.25) is 0 Å². The van der Waals surface area contributed by atoms with E-state index in [1.807, 2.05) is 0 Å². The molecule has 84 valence electrons. The fourth-order valence-corrected chi connectivity index (χ4v) is 2.14. The van der Waals surface area contributed by atoms with Crippen molar-refractivity contribution in [1.82, 2.24) is 5.32 Å². The lowest BCUT2D eigenvalue weighted by Crippen LogP contribution is -2.17. The van der Waals surface area contributed by atoms with Crippen LogP contribution in [-0.4, -0.2) is 20.1 Å². The second kappa shape index (κ2) is 6.13. The average Bonchev–Trinajstić information content (AvgIpc) is 2.25. The van der Waals surface area contributed by atoms with E-state index in [4.69, 9.17) is 0 Å². The van der Waals surface area contributed by atoms with E-state index in [-0.39, 0.29) is 0 Å². The van der Waals surface area contributed by atoms with Crippen molar-refractivity contribution < 1.29 is 0 Å². The van der Waals surface area contributed by atoms with Gasteiger partial charge in [-0.25, -0.2) is 0 Å². The van der Waals surface area contributed by atoms with E-state index >= 15 is 0 Å². The van der Waals surface area contributed by atoms with Gasteiger partial charge in [0.05, 0.1) is 5.69 Å². The van der Waals surface area contributed by atoms with Crippen molar-refractivity contribution in [3.8, 4) is 0 Å². The molecular weight excluding hydrogens is 252 g/mol. The van der Waals surface area contributed by atoms with Crippen LogP contribution in [0.4, 0.5) is 5.69 Å². The van der Waals surface area contributed by atoms with Crippen molar-refractivity contribution in [3.05, 3.63) is 28.2 Å². The predicted octanol–water partition coefficient (Wildman–Crippen LogP) is 3.01. The van der Waals surface area contributed by atoms with Crippen LogP contribution in [0, 0.1) is 0 Å². The monoisotopic (exact) mass is 270 g/mol. The Morgan fingerprint density at radius 1 is 1.33 bits per heavy atom. The lowest BCUT2D eigenvalue weighted by molar-refractivity contribution is 0.726. The normalized spacial score (nSPS) is 10.4. The molecule has 0 aliphatic rings. The zero-order valence-corrected chi connectivity index (χ0v) is 11.3. The zero-order valence-electron chi connectivity index (χ0n) is 9.68. The van der Waals surface area contributed by atoms with Gasteiger partial charge in [0.15, 0.2) is 0 Å². The summed E-state index contributed by atoms with van der Waals surface area (Å²) in [5.74, 6) is 0. The van der Waals surface area contributed by atoms with E-state index in [9.17, 15) is 0 Å². The average molecular weight is 271 g/mol. The quantitative estimate of drug-likeness (QED) is 0.885. The largest absolute Gasteiger partial charge is 0.374 e. The van der Waals surface area contributed by atoms with Crippen LogP contribution in [0.2, 0.25) is 0 Å². The number of hydrogen-bond acceptors (Lipinski definition) is 2. The number of benzene rings is 1. The van der Waals surface area contributed by atoms with E-state index in [1.54, 1.807) is 0 Å². The first-order valence-corrected chi connectivity index (χ1v) is 6.18. The Bertz CT molecular complexity index is 312. The standard InChI is InChI=1S/C12H19BrN2/c1-4-14-9-10-6-7-12(11(13)8-10)15(3)5-2/h6-8,14H,4-5,9H2,1-3H3. The number of rotatable bonds is 5. The van der Waals surface area contributed by atoms with Gasteiger partial charge in [-0.05, 0) is 47.1 Å². The maximum Gasteiger partial charge on any atom is 0.0508 e. The molecule has 0 aliphatic heterocycles. The highest BCUT2D eigenvalue weighted by Gasteiger charge is 2.04. The Kier molecular flexibility index (Phi) is 5.12. The van der Waals surface area contributed by atoms with E-state index in [2.05, 4.69) is 65.2 Å². The molecule has 1 N–H and O–H groups in total. The topological polar surface area (TPSA) is 15.3 Å². The van der Waals surface area contributed by atoms with Crippen LogP contribution in [0.25, 0.3) is 0 Å². The molecular formula is C12H19BrN2. The first-order valence-electron chi connectivity index (χ1n) is 5.39. The van der Waals surface area contributed by atoms with Crippen LogP contribution >= 0.6 is 15.9 Å². The highest BCUT2D eigenvalue weighted by atomic mass is 79.9. The molecule has 0 radical (unpaired) electrons. The molecule has 0 saturated carbocycles. The number of hydrogen-bond donors (Lipinski definition) is 1. The summed E-state index contributed by atoms with van der Waals surface area (Å²) in [5.41, 5.74) is 2.56. The lowest BCUT2D eigenvalue weighted by Gasteiger charge is -2.19. The molecule has 0 amide bonds. The maximum atomic E-state index is 3.61. The first kappa shape index (κ1) is 12.5. The minimum absolute atomic E-state index is 0.936. The summed E-state index contributed by atoms with van der Waals surface area (Å²) >= 11 is 3.61. The Labute approximate surface area is 101 Å². The third-order valence-electron chi connectivity index (χ3n) is 2.48. The molecule has 0 fully saturated rings. The summed E-state index contributed by atoms with van der Waals surface area (Å²) in [7, 11) is 2.10. The summed E-state index contributed by atoms with van der Waals surface area (Å²) in [5, 5.41) is 3.32. The summed E-state index contributed by atoms with van der Waals surface area (Å²) in [6, 6.07) is 6.53. The highest BCUT2D eigenvalue weighted by molar-refractivity contribution is 9.10. The van der Waals surface area contributed by atoms with Crippen molar-refractivity contribution in [2.45, 2.75) is 20.4 Å². The minimum atomic E-state index is 0.936. The fourth-order valence-electron chi connectivity index (χ4n) is 1.41. The SMILES string of the molecule is CCNCc1ccc(N(C)CC)c(Br)c1. The van der Waals surface area contributed by atoms with Crippen LogP contribution in [0.1, 0.15) is 19.4 Å². The molecule has 1 aromatic carbocycles. The number of halogens is 1. The van der Waals surface area contributed by atoms with E-state index in [0.29, 0.717) is 0 Å². The van der Waals surface area contributed by atoms with Gasteiger partial charge in [0, 0.05) is 24.6 Å². The van der Waals surface area contributed by atoms with Gasteiger partial charge in [0.25, 0.3) is 0 Å². The van der Waals surface area contributed by atoms with Crippen molar-refractivity contribution in [2.75, 3.05) is 25.0 Å². The number of nitrogens with one attached hydrogen (secondary N) is 1. The van der Waals surface area contributed by atoms with Crippen LogP contribution in [0.5, 0.6) is 0 Å². The molecule has 0 bridgehead atoms. The molecule has 1 aromatic rings. The second-order valence-corrected chi connectivity index (χ2v) is 4.43. The van der Waals surface area contributed by atoms with Gasteiger partial charge in [0.1, 0.15) is 0 Å². The molecule has 0 aliphatic carbocycles. The van der Waals surface area contributed by atoms with Crippen LogP contribution in [0.3, 0.4) is 0 Å². The molecule has 0 unspecified atom stereocenters. The number of anilines is 1. The Balaban J connectivity index is 2.78. The molecule has 1 rings (SSSR count). The van der Waals surface area contributed by atoms with E-state index < -0.39 is 0 Å². The van der Waals surface area contributed by atoms with E-state index in [1.165, 1.54) is 15.7 Å². The predicted molar refractivity (Wildman–Crippen MR) is 70.5 cm³/mol. The Hall–Kier alpha value is -0.540. The van der Waals surface area contributed by atoms with Gasteiger partial charge in [-0.15, -0.1) is 0 Å². The summed E-state index contributed by atoms with van der Waals surface area (Å²) in [4.78, 5) is 2.22. The molecule has 0 spiro atoms. The van der Waals surface area contributed by atoms with E-state index in [0.717, 1.165) is 19.6 Å². The summed E-state index contributed by atoms with van der Waals surface area (Å²) < 4.78 is 1.17. The second-order valence-electron chi connectivity index (χ2n) is 3.58. The van der Waals surface area contributed by atoms with Crippen molar-refractivity contribution >= 4 is 21.6 Å². The Morgan fingerprint density at radius 2 is 2.07 bits per heavy atom. The molecule has 0 atom stereocenters. The molecule has 15 heavy (non-hydrogen) atoms. The third kappa shape index (κ3) is 3.50. The maximum absolute atomic E-state index is 3.61.